The number of hydrogen-bond acceptors (Lipinski definition) is 4. The summed E-state index contributed by atoms with van der Waals surface area (Å²) in [5.41, 5.74) is 1.44. The molecular formula is C20H30N2O3. The third-order valence-electron chi connectivity index (χ3n) is 5.81. The number of nitrogens with zero attached hydrogens (tertiary/aromatic N) is 2. The lowest BCUT2D eigenvalue weighted by Crippen LogP contribution is -2.48. The number of likely N-dealkylation sites (tertiary alicyclic amines) is 2. The second-order valence-corrected chi connectivity index (χ2v) is 7.70. The summed E-state index contributed by atoms with van der Waals surface area (Å²) in [6, 6.07) is 7.83. The van der Waals surface area contributed by atoms with Gasteiger partial charge in [0.05, 0.1) is 6.61 Å². The van der Waals surface area contributed by atoms with Crippen LogP contribution in [-0.4, -0.2) is 69.3 Å². The van der Waals surface area contributed by atoms with E-state index in [9.17, 15) is 4.79 Å². The first kappa shape index (κ1) is 18.2. The van der Waals surface area contributed by atoms with Gasteiger partial charge in [0, 0.05) is 39.2 Å². The Morgan fingerprint density at radius 2 is 2.08 bits per heavy atom. The number of ether oxygens (including phenoxy) is 2. The van der Waals surface area contributed by atoms with Crippen LogP contribution in [0.1, 0.15) is 18.4 Å². The van der Waals surface area contributed by atoms with Crippen LogP contribution in [0.5, 0.6) is 5.75 Å². The number of benzene rings is 1. The van der Waals surface area contributed by atoms with Crippen molar-refractivity contribution in [1.29, 1.82) is 0 Å². The standard InChI is InChI=1S/C20H30N2O3/c1-16-5-4-6-18(11-16)25-14-19(23)22-9-7-20(8-10-22)15-21(2)12-17(20)13-24-3/h4-6,11,17H,7-10,12-15H2,1-3H3. The normalized spacial score (nSPS) is 23.2. The van der Waals surface area contributed by atoms with Crippen molar-refractivity contribution in [2.45, 2.75) is 19.8 Å². The summed E-state index contributed by atoms with van der Waals surface area (Å²) in [7, 11) is 3.97. The van der Waals surface area contributed by atoms with Crippen LogP contribution in [0.4, 0.5) is 0 Å². The van der Waals surface area contributed by atoms with Gasteiger partial charge in [0.15, 0.2) is 6.61 Å². The SMILES string of the molecule is COCC1CN(C)CC12CCN(C(=O)COc1cccc(C)c1)CC2. The van der Waals surface area contributed by atoms with Crippen molar-refractivity contribution >= 4 is 5.91 Å². The predicted octanol–water partition coefficient (Wildman–Crippen LogP) is 2.19. The zero-order valence-electron chi connectivity index (χ0n) is 15.7. The Balaban J connectivity index is 1.52. The van der Waals surface area contributed by atoms with Gasteiger partial charge in [-0.15, -0.1) is 0 Å². The van der Waals surface area contributed by atoms with Gasteiger partial charge in [0.1, 0.15) is 5.75 Å². The summed E-state index contributed by atoms with van der Waals surface area (Å²) in [5.74, 6) is 1.42. The lowest BCUT2D eigenvalue weighted by atomic mass is 9.71. The molecule has 1 aromatic rings. The van der Waals surface area contributed by atoms with Crippen molar-refractivity contribution in [3.63, 3.8) is 0 Å². The molecule has 2 aliphatic heterocycles. The van der Waals surface area contributed by atoms with E-state index in [1.807, 2.05) is 36.1 Å². The van der Waals surface area contributed by atoms with Crippen molar-refractivity contribution in [3.05, 3.63) is 29.8 Å². The van der Waals surface area contributed by atoms with Gasteiger partial charge in [-0.3, -0.25) is 4.79 Å². The lowest BCUT2D eigenvalue weighted by Gasteiger charge is -2.42. The summed E-state index contributed by atoms with van der Waals surface area (Å²) >= 11 is 0. The minimum atomic E-state index is 0.0889. The fourth-order valence-electron chi connectivity index (χ4n) is 4.44. The second-order valence-electron chi connectivity index (χ2n) is 7.70. The van der Waals surface area contributed by atoms with Crippen LogP contribution in [0.25, 0.3) is 0 Å². The molecule has 0 radical (unpaired) electrons. The first-order chi connectivity index (χ1) is 12.0. The average molecular weight is 346 g/mol. The number of aryl methyl sites for hydroxylation is 1. The molecule has 0 N–H and O–H groups in total. The molecule has 0 saturated carbocycles. The molecule has 0 aliphatic carbocycles. The van der Waals surface area contributed by atoms with Gasteiger partial charge in [-0.05, 0) is 49.9 Å². The molecule has 1 atom stereocenters. The van der Waals surface area contributed by atoms with Crippen molar-refractivity contribution in [3.8, 4) is 5.75 Å². The number of piperidine rings is 1. The van der Waals surface area contributed by atoms with Crippen molar-refractivity contribution in [2.75, 3.05) is 53.6 Å². The minimum absolute atomic E-state index is 0.0889. The highest BCUT2D eigenvalue weighted by Crippen LogP contribution is 2.44. The van der Waals surface area contributed by atoms with E-state index < -0.39 is 0 Å². The third-order valence-corrected chi connectivity index (χ3v) is 5.81. The Labute approximate surface area is 150 Å². The molecule has 2 heterocycles. The molecule has 1 amide bonds. The van der Waals surface area contributed by atoms with Crippen LogP contribution in [0, 0.1) is 18.3 Å². The maximum absolute atomic E-state index is 12.5. The van der Waals surface area contributed by atoms with E-state index >= 15 is 0 Å². The van der Waals surface area contributed by atoms with Gasteiger partial charge in [0.25, 0.3) is 5.91 Å². The fraction of sp³-hybridized carbons (Fsp3) is 0.650. The van der Waals surface area contributed by atoms with E-state index in [1.54, 1.807) is 7.11 Å². The fourth-order valence-corrected chi connectivity index (χ4v) is 4.44. The van der Waals surface area contributed by atoms with Gasteiger partial charge < -0.3 is 19.3 Å². The van der Waals surface area contributed by atoms with Crippen LogP contribution in [0.15, 0.2) is 24.3 Å². The van der Waals surface area contributed by atoms with E-state index in [4.69, 9.17) is 9.47 Å². The molecule has 3 rings (SSSR count). The summed E-state index contributed by atoms with van der Waals surface area (Å²) in [5, 5.41) is 0. The van der Waals surface area contributed by atoms with E-state index in [1.165, 1.54) is 0 Å². The number of carbonyl (C=O) groups is 1. The van der Waals surface area contributed by atoms with Crippen LogP contribution >= 0.6 is 0 Å². The Kier molecular flexibility index (Phi) is 5.64. The Bertz CT molecular complexity index is 596. The molecule has 1 unspecified atom stereocenters. The van der Waals surface area contributed by atoms with Crippen LogP contribution < -0.4 is 4.74 Å². The molecular weight excluding hydrogens is 316 g/mol. The zero-order valence-corrected chi connectivity index (χ0v) is 15.7. The molecule has 25 heavy (non-hydrogen) atoms. The second kappa shape index (κ2) is 7.75. The monoisotopic (exact) mass is 346 g/mol. The lowest BCUT2D eigenvalue weighted by molar-refractivity contribution is -0.136. The number of hydrogen-bond donors (Lipinski definition) is 0. The molecule has 1 aromatic carbocycles. The third kappa shape index (κ3) is 4.15. The summed E-state index contributed by atoms with van der Waals surface area (Å²) in [6.07, 6.45) is 2.11. The zero-order chi connectivity index (χ0) is 17.9. The van der Waals surface area contributed by atoms with Gasteiger partial charge in [0.2, 0.25) is 0 Å². The van der Waals surface area contributed by atoms with Crippen LogP contribution in [0.2, 0.25) is 0 Å². The number of amides is 1. The smallest absolute Gasteiger partial charge is 0.260 e. The molecule has 5 nitrogen and oxygen atoms in total. The number of rotatable bonds is 5. The Hall–Kier alpha value is -1.59. The van der Waals surface area contributed by atoms with Crippen molar-refractivity contribution in [2.24, 2.45) is 11.3 Å². The summed E-state index contributed by atoms with van der Waals surface area (Å²) in [6.45, 7) is 6.82. The number of carbonyl (C=O) groups excluding carboxylic acids is 1. The molecule has 5 heteroatoms. The first-order valence-corrected chi connectivity index (χ1v) is 9.17. The van der Waals surface area contributed by atoms with Gasteiger partial charge >= 0.3 is 0 Å². The predicted molar refractivity (Wildman–Crippen MR) is 97.8 cm³/mol. The molecule has 0 aromatic heterocycles. The molecule has 0 bridgehead atoms. The van der Waals surface area contributed by atoms with E-state index in [2.05, 4.69) is 11.9 Å². The summed E-state index contributed by atoms with van der Waals surface area (Å²) in [4.78, 5) is 16.9. The minimum Gasteiger partial charge on any atom is -0.484 e. The molecule has 2 fully saturated rings. The molecule has 1 spiro atoms. The topological polar surface area (TPSA) is 42.0 Å². The highest BCUT2D eigenvalue weighted by Gasteiger charge is 2.47. The molecule has 2 aliphatic rings. The average Bonchev–Trinajstić information content (AvgIpc) is 2.89. The molecule has 2 saturated heterocycles. The maximum atomic E-state index is 12.5. The number of methoxy groups -OCH3 is 1. The quantitative estimate of drug-likeness (QED) is 0.820. The van der Waals surface area contributed by atoms with E-state index in [0.29, 0.717) is 11.3 Å². The Morgan fingerprint density at radius 3 is 2.76 bits per heavy atom. The Morgan fingerprint density at radius 1 is 1.32 bits per heavy atom. The van der Waals surface area contributed by atoms with Crippen LogP contribution in [0.3, 0.4) is 0 Å². The van der Waals surface area contributed by atoms with Gasteiger partial charge in [-0.1, -0.05) is 12.1 Å². The highest BCUT2D eigenvalue weighted by atomic mass is 16.5. The van der Waals surface area contributed by atoms with Crippen LogP contribution in [-0.2, 0) is 9.53 Å². The van der Waals surface area contributed by atoms with E-state index in [0.717, 1.165) is 56.9 Å². The van der Waals surface area contributed by atoms with Gasteiger partial charge in [-0.25, -0.2) is 0 Å². The highest BCUT2D eigenvalue weighted by molar-refractivity contribution is 5.77. The van der Waals surface area contributed by atoms with Crippen molar-refractivity contribution in [1.82, 2.24) is 9.80 Å². The largest absolute Gasteiger partial charge is 0.484 e. The van der Waals surface area contributed by atoms with Crippen molar-refractivity contribution < 1.29 is 14.3 Å². The summed E-state index contributed by atoms with van der Waals surface area (Å²) < 4.78 is 11.1. The maximum Gasteiger partial charge on any atom is 0.260 e. The first-order valence-electron chi connectivity index (χ1n) is 9.17. The van der Waals surface area contributed by atoms with Gasteiger partial charge in [-0.2, -0.15) is 0 Å². The van der Waals surface area contributed by atoms with E-state index in [-0.39, 0.29) is 12.5 Å². The molecule has 138 valence electrons.